The zero-order chi connectivity index (χ0) is 79.0. The molecule has 2 aromatic heterocycles. The molecule has 588 valence electrons. The summed E-state index contributed by atoms with van der Waals surface area (Å²) in [5.74, 6) is -6.22. The first-order valence-corrected chi connectivity index (χ1v) is 37.6. The second-order valence-electron chi connectivity index (χ2n) is 29.7. The average molecular weight is 1500 g/mol. The predicted octanol–water partition coefficient (Wildman–Crippen LogP) is 9.45. The average Bonchev–Trinajstić information content (AvgIpc) is 1.14. The van der Waals surface area contributed by atoms with Crippen LogP contribution in [0.5, 0.6) is 0 Å². The molecule has 29 heteroatoms. The number of alkyl carbamates (subject to hydrolysis) is 2. The van der Waals surface area contributed by atoms with Gasteiger partial charge in [0.15, 0.2) is 11.6 Å². The van der Waals surface area contributed by atoms with Crippen LogP contribution in [0.15, 0.2) is 78.7 Å². The quantitative estimate of drug-likeness (QED) is 0.0186. The van der Waals surface area contributed by atoms with Crippen LogP contribution in [0.2, 0.25) is 0 Å². The summed E-state index contributed by atoms with van der Waals surface area (Å²) in [4.78, 5) is 160. The van der Waals surface area contributed by atoms with E-state index < -0.39 is 101 Å². The summed E-state index contributed by atoms with van der Waals surface area (Å²) in [6.07, 6.45) is 6.33. The highest BCUT2D eigenvalue weighted by Crippen LogP contribution is 2.34. The second-order valence-corrected chi connectivity index (χ2v) is 30.6. The number of aromatic amines is 1. The van der Waals surface area contributed by atoms with Gasteiger partial charge in [0, 0.05) is 113 Å². The number of unbranched alkanes of at least 4 members (excludes halogenated alkanes) is 1. The lowest BCUT2D eigenvalue weighted by molar-refractivity contribution is -0.149. The zero-order valence-electron chi connectivity index (χ0n) is 64.7. The zero-order valence-corrected chi connectivity index (χ0v) is 65.5. The Balaban J connectivity index is 0.00000244. The number of H-pyrrole nitrogens is 1. The van der Waals surface area contributed by atoms with E-state index in [9.17, 15) is 52.7 Å². The van der Waals surface area contributed by atoms with Crippen molar-refractivity contribution in [3.8, 4) is 0 Å². The molecule has 8 amide bonds. The highest BCUT2D eigenvalue weighted by atomic mass is 32.1. The Morgan fingerprint density at radius 1 is 0.792 bits per heavy atom. The van der Waals surface area contributed by atoms with Crippen molar-refractivity contribution in [1.82, 2.24) is 46.0 Å². The number of urea groups is 1. The number of carboxylic acids is 1. The third kappa shape index (κ3) is 30.3. The monoisotopic (exact) mass is 1500 g/mol. The molecule has 2 aromatic carbocycles. The number of rotatable bonds is 43. The van der Waals surface area contributed by atoms with Gasteiger partial charge < -0.3 is 76.9 Å². The number of ether oxygens (including phenoxy) is 4. The Labute approximate surface area is 628 Å². The largest absolute Gasteiger partial charge is 0.481 e. The first-order chi connectivity index (χ1) is 50.0. The number of nitrogens with one attached hydrogen (secondary N) is 6. The highest BCUT2D eigenvalue weighted by molar-refractivity contribution is 7.09. The van der Waals surface area contributed by atoms with Crippen molar-refractivity contribution in [2.45, 2.75) is 233 Å². The van der Waals surface area contributed by atoms with Crippen LogP contribution in [-0.4, -0.2) is 183 Å². The van der Waals surface area contributed by atoms with Crippen molar-refractivity contribution in [2.24, 2.45) is 47.0 Å². The van der Waals surface area contributed by atoms with E-state index in [0.29, 0.717) is 75.0 Å². The number of Topliss-reactive ketones (excluding diaryl/α,β-unsaturated/α-hetero) is 3. The Morgan fingerprint density at radius 2 is 1.47 bits per heavy atom. The summed E-state index contributed by atoms with van der Waals surface area (Å²) >= 11 is 1.53. The molecular formula is C77H118N12O16S. The first kappa shape index (κ1) is 89.7. The highest BCUT2D eigenvalue weighted by Gasteiger charge is 2.44. The fourth-order valence-electron chi connectivity index (χ4n) is 12.9. The molecule has 1 aliphatic heterocycles. The van der Waals surface area contributed by atoms with E-state index in [1.165, 1.54) is 31.0 Å². The minimum atomic E-state index is -1.47. The van der Waals surface area contributed by atoms with E-state index in [1.807, 2.05) is 63.1 Å². The number of carbonyl (C=O) groups is 11. The fourth-order valence-corrected chi connectivity index (χ4v) is 13.7. The maximum atomic E-state index is 14.8. The van der Waals surface area contributed by atoms with E-state index in [1.54, 1.807) is 98.0 Å². The van der Waals surface area contributed by atoms with Crippen LogP contribution in [0.1, 0.15) is 188 Å². The number of methoxy groups -OCH3 is 2. The number of imidazole rings is 1. The molecule has 0 radical (unpaired) electrons. The van der Waals surface area contributed by atoms with E-state index >= 15 is 0 Å². The number of thiazole rings is 1. The lowest BCUT2D eigenvalue weighted by atomic mass is 9.83. The lowest BCUT2D eigenvalue weighted by Crippen LogP contribution is -2.55. The molecule has 0 saturated carbocycles. The normalized spacial score (nSPS) is 15.9. The van der Waals surface area contributed by atoms with Crippen molar-refractivity contribution in [2.75, 3.05) is 46.2 Å². The molecule has 3 heterocycles. The summed E-state index contributed by atoms with van der Waals surface area (Å²) in [7, 11) is 4.80. The van der Waals surface area contributed by atoms with E-state index in [2.05, 4.69) is 53.7 Å². The van der Waals surface area contributed by atoms with Crippen LogP contribution in [0.3, 0.4) is 0 Å². The third-order valence-electron chi connectivity index (χ3n) is 19.2. The molecule has 11 N–H and O–H groups in total. The molecule has 4 aromatic rings. The van der Waals surface area contributed by atoms with Gasteiger partial charge in [-0.15, -0.1) is 11.3 Å². The van der Waals surface area contributed by atoms with Crippen LogP contribution in [-0.2, 0) is 76.8 Å². The minimum Gasteiger partial charge on any atom is -0.481 e. The standard InChI is InChI=1S/C72H112N10O14S.C5H6N2O2/c1-16-46(6)62(58(93-14)42-60(86)82-36-23-28-55(82)63(94-15)47(7)56(83)40-51(66-75-35-37-97-66)38-48-24-18-17-19-25-48)81(13)67(89)53(44(2)3)41-59(85)72(11,12)80-70(92)95-43-49-29-31-52(32-30-49)78-64(87)50(26-22-34-76-68(74)90)39-57(84)61(45(4)5)79-65(88)54(73)27-20-21-33-77-69(91)96-71(8,9)10;8-5(9)1-4-2-6-3-7-4/h17-19,24-25,29-32,35,37,44-47,50-51,53-55,58,61-63H,16,20-23,26-28,33-34,36,38-43,73H2,1-15H3,(H,77,91)(H,78,87)(H,79,88)(H,80,92)(H3,74,76,90);2-3H,1H2,(H,6,7)(H,8,9)/t46-,47-,50+,51+,53-,54-,55-,58+,61-,62-,63+;/m0./s1. The number of aromatic nitrogens is 3. The van der Waals surface area contributed by atoms with Gasteiger partial charge in [-0.3, -0.25) is 38.4 Å². The molecule has 1 aliphatic rings. The van der Waals surface area contributed by atoms with Crippen molar-refractivity contribution >= 4 is 82.2 Å². The SMILES string of the molecule is CC[C@H](C)[C@@H]([C@@H](CC(=O)N1CCC[C@H]1[C@H](OC)[C@@H](C)C(=O)C[C@@H](Cc1ccccc1)c1nccs1)OC)N(C)C(=O)[C@@H](CC(=O)C(C)(C)NC(=O)OCc1ccc(NC(=O)[C@H](CCCNC(N)=O)CC(=O)[C@@H](NC(=O)[C@@H](N)CCCCNC(=O)OC(C)(C)C)C(C)C)cc1)C(C)C.O=C(O)Cc1cnc[nH]1. The molecule has 1 saturated heterocycles. The number of aliphatic carboxylic acids is 1. The van der Waals surface area contributed by atoms with Crippen LogP contribution in [0, 0.1) is 35.5 Å². The molecule has 0 unspecified atom stereocenters. The predicted molar refractivity (Wildman–Crippen MR) is 404 cm³/mol. The summed E-state index contributed by atoms with van der Waals surface area (Å²) in [5, 5.41) is 24.5. The van der Waals surface area contributed by atoms with E-state index in [4.69, 9.17) is 35.5 Å². The van der Waals surface area contributed by atoms with Gasteiger partial charge in [-0.1, -0.05) is 97.4 Å². The van der Waals surface area contributed by atoms with Crippen LogP contribution in [0.25, 0.3) is 0 Å². The number of hydrogen-bond acceptors (Lipinski definition) is 19. The molecule has 11 atom stereocenters. The molecular weight excluding hydrogens is 1380 g/mol. The van der Waals surface area contributed by atoms with Crippen LogP contribution in [0.4, 0.5) is 20.1 Å². The number of hydrogen-bond donors (Lipinski definition) is 9. The van der Waals surface area contributed by atoms with Crippen molar-refractivity contribution in [3.63, 3.8) is 0 Å². The lowest BCUT2D eigenvalue weighted by Gasteiger charge is -2.41. The summed E-state index contributed by atoms with van der Waals surface area (Å²) in [6.45, 7) is 22.3. The molecule has 1 fully saturated rings. The number of carbonyl (C=O) groups excluding carboxylic acids is 10. The number of benzene rings is 2. The summed E-state index contributed by atoms with van der Waals surface area (Å²) in [6, 6.07) is 13.0. The number of likely N-dealkylation sites (tertiary alicyclic amines) is 1. The molecule has 0 spiro atoms. The molecule has 5 rings (SSSR count). The maximum absolute atomic E-state index is 14.8. The number of amides is 8. The molecule has 0 aliphatic carbocycles. The molecule has 106 heavy (non-hydrogen) atoms. The van der Waals surface area contributed by atoms with E-state index in [-0.39, 0.29) is 105 Å². The first-order valence-electron chi connectivity index (χ1n) is 36.7. The van der Waals surface area contributed by atoms with Gasteiger partial charge in [-0.2, -0.15) is 0 Å². The van der Waals surface area contributed by atoms with Crippen molar-refractivity contribution < 1.29 is 76.8 Å². The minimum absolute atomic E-state index is 0.0139. The molecule has 28 nitrogen and oxygen atoms in total. The van der Waals surface area contributed by atoms with E-state index in [0.717, 1.165) is 17.0 Å². The molecule has 0 bridgehead atoms. The van der Waals surface area contributed by atoms with Gasteiger partial charge in [-0.25, -0.2) is 24.4 Å². The van der Waals surface area contributed by atoms with Gasteiger partial charge in [-0.05, 0) is 127 Å². The van der Waals surface area contributed by atoms with Crippen LogP contribution >= 0.6 is 11.3 Å². The van der Waals surface area contributed by atoms with Gasteiger partial charge in [0.2, 0.25) is 23.6 Å². The number of nitrogens with two attached hydrogens (primary N) is 2. The Morgan fingerprint density at radius 3 is 2.05 bits per heavy atom. The van der Waals surface area contributed by atoms with Gasteiger partial charge >= 0.3 is 24.2 Å². The number of anilines is 1. The number of carboxylic acid groups (broad SMARTS) is 1. The van der Waals surface area contributed by atoms with Crippen molar-refractivity contribution in [3.05, 3.63) is 101 Å². The van der Waals surface area contributed by atoms with Crippen LogP contribution < -0.4 is 38.1 Å². The number of ketones is 3. The summed E-state index contributed by atoms with van der Waals surface area (Å²) in [5.41, 5.74) is 12.0. The number of nitrogens with zero attached hydrogens (tertiary/aromatic N) is 4. The van der Waals surface area contributed by atoms with Gasteiger partial charge in [0.1, 0.15) is 18.0 Å². The Kier molecular flexibility index (Phi) is 37.6. The topological polar surface area (TPSA) is 405 Å². The van der Waals surface area contributed by atoms with Gasteiger partial charge in [0.05, 0.1) is 66.1 Å². The third-order valence-corrected chi connectivity index (χ3v) is 20.1. The number of primary amides is 1. The smallest absolute Gasteiger partial charge is 0.408 e. The second kappa shape index (κ2) is 44.5. The van der Waals surface area contributed by atoms with Gasteiger partial charge in [0.25, 0.3) is 0 Å². The Bertz CT molecular complexity index is 3420. The summed E-state index contributed by atoms with van der Waals surface area (Å²) < 4.78 is 23.1. The maximum Gasteiger partial charge on any atom is 0.408 e. The fraction of sp³-hybridized carbons (Fsp3) is 0.623. The number of likely N-dealkylation sites (N-methyl/N-ethyl adjacent to an activating group) is 1. The van der Waals surface area contributed by atoms with Crippen molar-refractivity contribution in [1.29, 1.82) is 0 Å². The Hall–Kier alpha value is -8.67.